The Morgan fingerprint density at radius 1 is 1.11 bits per heavy atom. The van der Waals surface area contributed by atoms with Gasteiger partial charge in [0.15, 0.2) is 16.6 Å². The Bertz CT molecular complexity index is 879. The first-order valence-electron chi connectivity index (χ1n) is 8.67. The van der Waals surface area contributed by atoms with Gasteiger partial charge in [0.25, 0.3) is 0 Å². The van der Waals surface area contributed by atoms with Crippen molar-refractivity contribution in [1.82, 2.24) is 10.2 Å². The Hall–Kier alpha value is -2.86. The fourth-order valence-corrected chi connectivity index (χ4v) is 3.28. The molecule has 2 aromatic rings. The summed E-state index contributed by atoms with van der Waals surface area (Å²) in [7, 11) is 3.16. The standard InChI is InChI=1S/C21H22N2O3S/c1-25-18-9-7-15(13-19(18)26-2)8-10-20(24)22-21(27)23-12-11-16-5-3-4-6-17(16)14-23/h3-10,13H,11-12,14H2,1-2H3,(H,22,24,27)/b10-8+. The van der Waals surface area contributed by atoms with Crippen LogP contribution in [0.3, 0.4) is 0 Å². The zero-order valence-corrected chi connectivity index (χ0v) is 16.2. The Balaban J connectivity index is 1.59. The normalized spacial score (nSPS) is 13.2. The minimum atomic E-state index is -0.256. The highest BCUT2D eigenvalue weighted by atomic mass is 32.1. The van der Waals surface area contributed by atoms with Gasteiger partial charge in [0.1, 0.15) is 0 Å². The van der Waals surface area contributed by atoms with Gasteiger partial charge < -0.3 is 14.4 Å². The maximum atomic E-state index is 12.2. The lowest BCUT2D eigenvalue weighted by atomic mass is 10.0. The van der Waals surface area contributed by atoms with Crippen molar-refractivity contribution in [1.29, 1.82) is 0 Å². The summed E-state index contributed by atoms with van der Waals surface area (Å²) in [4.78, 5) is 14.2. The molecule has 3 rings (SSSR count). The van der Waals surface area contributed by atoms with Crippen LogP contribution in [0.4, 0.5) is 0 Å². The maximum Gasteiger partial charge on any atom is 0.250 e. The SMILES string of the molecule is COc1ccc(/C=C/C(=O)NC(=S)N2CCc3ccccc3C2)cc1OC. The quantitative estimate of drug-likeness (QED) is 0.650. The van der Waals surface area contributed by atoms with Gasteiger partial charge in [-0.15, -0.1) is 0 Å². The minimum absolute atomic E-state index is 0.256. The van der Waals surface area contributed by atoms with E-state index in [2.05, 4.69) is 17.4 Å². The molecule has 0 radical (unpaired) electrons. The lowest BCUT2D eigenvalue weighted by molar-refractivity contribution is -0.115. The number of hydrogen-bond donors (Lipinski definition) is 1. The first-order valence-corrected chi connectivity index (χ1v) is 9.08. The summed E-state index contributed by atoms with van der Waals surface area (Å²) < 4.78 is 10.5. The molecule has 0 atom stereocenters. The van der Waals surface area contributed by atoms with Crippen molar-refractivity contribution in [3.63, 3.8) is 0 Å². The van der Waals surface area contributed by atoms with Crippen LogP contribution in [0.1, 0.15) is 16.7 Å². The van der Waals surface area contributed by atoms with Crippen molar-refractivity contribution < 1.29 is 14.3 Å². The van der Waals surface area contributed by atoms with Gasteiger partial charge in [0.2, 0.25) is 5.91 Å². The molecule has 27 heavy (non-hydrogen) atoms. The number of carbonyl (C=O) groups is 1. The van der Waals surface area contributed by atoms with Crippen LogP contribution in [0.5, 0.6) is 11.5 Å². The summed E-state index contributed by atoms with van der Waals surface area (Å²) in [5, 5.41) is 3.23. The van der Waals surface area contributed by atoms with Gasteiger partial charge in [-0.1, -0.05) is 30.3 Å². The van der Waals surface area contributed by atoms with Crippen LogP contribution in [-0.2, 0) is 17.8 Å². The predicted molar refractivity (Wildman–Crippen MR) is 110 cm³/mol. The first kappa shape index (κ1) is 18.9. The fraction of sp³-hybridized carbons (Fsp3) is 0.238. The average molecular weight is 382 g/mol. The molecule has 0 fully saturated rings. The van der Waals surface area contributed by atoms with E-state index in [9.17, 15) is 4.79 Å². The molecule has 1 heterocycles. The molecule has 2 aromatic carbocycles. The Morgan fingerprint density at radius 3 is 2.59 bits per heavy atom. The molecule has 0 saturated heterocycles. The summed E-state index contributed by atoms with van der Waals surface area (Å²) in [5.41, 5.74) is 3.43. The van der Waals surface area contributed by atoms with E-state index in [1.165, 1.54) is 17.2 Å². The molecule has 1 N–H and O–H groups in total. The number of ether oxygens (including phenoxy) is 2. The number of nitrogens with zero attached hydrogens (tertiary/aromatic N) is 1. The van der Waals surface area contributed by atoms with Crippen molar-refractivity contribution in [2.45, 2.75) is 13.0 Å². The number of rotatable bonds is 4. The van der Waals surface area contributed by atoms with E-state index in [0.717, 1.165) is 18.5 Å². The second-order valence-corrected chi connectivity index (χ2v) is 6.57. The largest absolute Gasteiger partial charge is 0.493 e. The molecule has 1 aliphatic rings. The van der Waals surface area contributed by atoms with Gasteiger partial charge >= 0.3 is 0 Å². The molecule has 6 heteroatoms. The van der Waals surface area contributed by atoms with E-state index < -0.39 is 0 Å². The third-order valence-electron chi connectivity index (χ3n) is 4.48. The molecular formula is C21H22N2O3S. The van der Waals surface area contributed by atoms with Crippen molar-refractivity contribution >= 4 is 29.3 Å². The Labute approximate surface area is 164 Å². The molecule has 0 unspecified atom stereocenters. The number of nitrogens with one attached hydrogen (secondary N) is 1. The molecule has 0 spiro atoms. The van der Waals surface area contributed by atoms with Crippen molar-refractivity contribution in [2.75, 3.05) is 20.8 Å². The smallest absolute Gasteiger partial charge is 0.250 e. The van der Waals surface area contributed by atoms with Gasteiger partial charge in [-0.2, -0.15) is 0 Å². The number of thiocarbonyl (C=S) groups is 1. The third kappa shape index (κ3) is 4.65. The highest BCUT2D eigenvalue weighted by molar-refractivity contribution is 7.80. The average Bonchev–Trinajstić information content (AvgIpc) is 2.71. The maximum absolute atomic E-state index is 12.2. The molecule has 0 bridgehead atoms. The van der Waals surface area contributed by atoms with Gasteiger partial charge in [-0.25, -0.2) is 0 Å². The van der Waals surface area contributed by atoms with Crippen molar-refractivity contribution in [3.8, 4) is 11.5 Å². The molecule has 0 aromatic heterocycles. The minimum Gasteiger partial charge on any atom is -0.493 e. The van der Waals surface area contributed by atoms with Crippen molar-refractivity contribution in [2.24, 2.45) is 0 Å². The van der Waals surface area contributed by atoms with E-state index in [1.807, 2.05) is 29.2 Å². The Kier molecular flexibility index (Phi) is 6.08. The van der Waals surface area contributed by atoms with Crippen LogP contribution in [-0.4, -0.2) is 36.7 Å². The zero-order chi connectivity index (χ0) is 19.2. The molecule has 1 amide bonds. The summed E-state index contributed by atoms with van der Waals surface area (Å²) in [6, 6.07) is 13.8. The van der Waals surface area contributed by atoms with Crippen LogP contribution in [0.15, 0.2) is 48.5 Å². The highest BCUT2D eigenvalue weighted by Crippen LogP contribution is 2.28. The fourth-order valence-electron chi connectivity index (χ4n) is 3.02. The van der Waals surface area contributed by atoms with E-state index in [4.69, 9.17) is 21.7 Å². The number of methoxy groups -OCH3 is 2. The number of benzene rings is 2. The van der Waals surface area contributed by atoms with Crippen LogP contribution < -0.4 is 14.8 Å². The van der Waals surface area contributed by atoms with Gasteiger partial charge in [0.05, 0.1) is 14.2 Å². The van der Waals surface area contributed by atoms with E-state index in [0.29, 0.717) is 23.2 Å². The van der Waals surface area contributed by atoms with Crippen LogP contribution >= 0.6 is 12.2 Å². The summed E-state index contributed by atoms with van der Waals surface area (Å²) >= 11 is 5.41. The zero-order valence-electron chi connectivity index (χ0n) is 15.4. The molecule has 5 nitrogen and oxygen atoms in total. The third-order valence-corrected chi connectivity index (χ3v) is 4.84. The van der Waals surface area contributed by atoms with Gasteiger partial charge in [0, 0.05) is 19.2 Å². The second-order valence-electron chi connectivity index (χ2n) is 6.18. The molecule has 0 saturated carbocycles. The molecule has 140 valence electrons. The van der Waals surface area contributed by atoms with Crippen LogP contribution in [0.25, 0.3) is 6.08 Å². The van der Waals surface area contributed by atoms with Crippen LogP contribution in [0.2, 0.25) is 0 Å². The lowest BCUT2D eigenvalue weighted by Gasteiger charge is -2.30. The summed E-state index contributed by atoms with van der Waals surface area (Å²) in [6.45, 7) is 1.52. The number of carbonyl (C=O) groups excluding carboxylic acids is 1. The Morgan fingerprint density at radius 2 is 1.85 bits per heavy atom. The molecule has 0 aliphatic carbocycles. The number of hydrogen-bond acceptors (Lipinski definition) is 4. The summed E-state index contributed by atoms with van der Waals surface area (Å²) in [6.07, 6.45) is 4.10. The van der Waals surface area contributed by atoms with Crippen LogP contribution in [0, 0.1) is 0 Å². The van der Waals surface area contributed by atoms with E-state index in [1.54, 1.807) is 26.4 Å². The monoisotopic (exact) mass is 382 g/mol. The first-order chi connectivity index (χ1) is 13.1. The van der Waals surface area contributed by atoms with Gasteiger partial charge in [-0.3, -0.25) is 10.1 Å². The van der Waals surface area contributed by atoms with Crippen molar-refractivity contribution in [3.05, 3.63) is 65.2 Å². The van der Waals surface area contributed by atoms with Gasteiger partial charge in [-0.05, 0) is 53.5 Å². The topological polar surface area (TPSA) is 50.8 Å². The molecular weight excluding hydrogens is 360 g/mol. The highest BCUT2D eigenvalue weighted by Gasteiger charge is 2.18. The number of fused-ring (bicyclic) bond motifs is 1. The second kappa shape index (κ2) is 8.68. The van der Waals surface area contributed by atoms with E-state index in [-0.39, 0.29) is 5.91 Å². The summed E-state index contributed by atoms with van der Waals surface area (Å²) in [5.74, 6) is 1.00. The van der Waals surface area contributed by atoms with E-state index >= 15 is 0 Å². The molecule has 1 aliphatic heterocycles. The lowest BCUT2D eigenvalue weighted by Crippen LogP contribution is -2.44. The predicted octanol–water partition coefficient (Wildman–Crippen LogP) is 3.18. The number of amides is 1.